The van der Waals surface area contributed by atoms with Crippen molar-refractivity contribution in [1.29, 1.82) is 0 Å². The van der Waals surface area contributed by atoms with E-state index >= 15 is 0 Å². The number of aliphatic imine (C=N–C) groups is 2. The van der Waals surface area contributed by atoms with Crippen LogP contribution in [0.15, 0.2) is 118 Å². The summed E-state index contributed by atoms with van der Waals surface area (Å²) in [4.78, 5) is 9.05. The van der Waals surface area contributed by atoms with Crippen LogP contribution in [0.3, 0.4) is 0 Å². The summed E-state index contributed by atoms with van der Waals surface area (Å²) in [5.74, 6) is 0.708. The molecule has 250 valence electrons. The van der Waals surface area contributed by atoms with Crippen LogP contribution < -0.4 is 5.32 Å². The maximum atomic E-state index is 4.94. The SMILES string of the molecule is C=C(C)C(C)CC.CC.CCc1cccc(CN/C(C)=C/C(=N/C(C)=C(\C)C=NC)c2ccccc2C)c1.Cc1ccccc1C. The number of aryl methyl sites for hydroxylation is 4. The zero-order valence-corrected chi connectivity index (χ0v) is 31.4. The quantitative estimate of drug-likeness (QED) is 0.177. The van der Waals surface area contributed by atoms with Crippen molar-refractivity contribution in [2.24, 2.45) is 15.9 Å². The molecule has 0 aliphatic rings. The van der Waals surface area contributed by atoms with Gasteiger partial charge in [-0.05, 0) is 107 Å². The van der Waals surface area contributed by atoms with Crippen molar-refractivity contribution in [1.82, 2.24) is 5.32 Å². The third-order valence-corrected chi connectivity index (χ3v) is 7.81. The molecule has 0 radical (unpaired) electrons. The molecular weight excluding hydrogens is 558 g/mol. The van der Waals surface area contributed by atoms with E-state index in [-0.39, 0.29) is 0 Å². The fraction of sp³-hybridized carbons (Fsp3) is 0.395. The van der Waals surface area contributed by atoms with Gasteiger partial charge in [0.2, 0.25) is 0 Å². The van der Waals surface area contributed by atoms with Crippen LogP contribution in [-0.4, -0.2) is 19.0 Å². The molecule has 0 heterocycles. The summed E-state index contributed by atoms with van der Waals surface area (Å²) < 4.78 is 0. The van der Waals surface area contributed by atoms with Gasteiger partial charge < -0.3 is 5.32 Å². The van der Waals surface area contributed by atoms with E-state index in [0.717, 1.165) is 41.2 Å². The Morgan fingerprint density at radius 1 is 0.804 bits per heavy atom. The fourth-order valence-electron chi connectivity index (χ4n) is 4.05. The zero-order valence-electron chi connectivity index (χ0n) is 31.4. The van der Waals surface area contributed by atoms with E-state index in [4.69, 9.17) is 4.99 Å². The standard InChI is InChI=1S/C26H33N3.C8H10.C7H14.C2H6/c1-7-23-12-10-13-24(16-23)18-28-21(4)15-26(25-14-9-8-11-19(25)2)29-22(5)20(3)17-27-6;1-7-5-3-4-6-8(7)2;1-5-7(4)6(2)3;1-2/h8-17,28H,7,18H2,1-6H3;3-6H,1-2H3;7H,2,5H2,1,3-4H3;1-2H3/b21-15+,22-20+,27-17?,29-26-;;;. The van der Waals surface area contributed by atoms with E-state index in [9.17, 15) is 0 Å². The van der Waals surface area contributed by atoms with Crippen molar-refractivity contribution in [2.45, 2.75) is 102 Å². The Morgan fingerprint density at radius 3 is 1.80 bits per heavy atom. The average molecular weight is 622 g/mol. The van der Waals surface area contributed by atoms with Crippen molar-refractivity contribution in [2.75, 3.05) is 7.05 Å². The number of rotatable bonds is 10. The number of nitrogens with zero attached hydrogens (tertiary/aromatic N) is 2. The van der Waals surface area contributed by atoms with Crippen molar-refractivity contribution in [3.63, 3.8) is 0 Å². The van der Waals surface area contributed by atoms with Crippen LogP contribution in [0.2, 0.25) is 0 Å². The molecule has 0 aliphatic heterocycles. The minimum Gasteiger partial charge on any atom is -0.384 e. The smallest absolute Gasteiger partial charge is 0.0725 e. The molecule has 0 amide bonds. The third-order valence-electron chi connectivity index (χ3n) is 7.81. The van der Waals surface area contributed by atoms with Gasteiger partial charge >= 0.3 is 0 Å². The first-order valence-electron chi connectivity index (χ1n) is 16.8. The predicted octanol–water partition coefficient (Wildman–Crippen LogP) is 12.0. The lowest BCUT2D eigenvalue weighted by Crippen LogP contribution is -2.13. The average Bonchev–Trinajstić information content (AvgIpc) is 3.06. The second kappa shape index (κ2) is 24.3. The summed E-state index contributed by atoms with van der Waals surface area (Å²) in [6.45, 7) is 29.8. The largest absolute Gasteiger partial charge is 0.384 e. The van der Waals surface area contributed by atoms with Gasteiger partial charge in [0.05, 0.1) is 5.71 Å². The highest BCUT2D eigenvalue weighted by Crippen LogP contribution is 2.15. The Bertz CT molecular complexity index is 1410. The van der Waals surface area contributed by atoms with E-state index < -0.39 is 0 Å². The molecule has 3 nitrogen and oxygen atoms in total. The van der Waals surface area contributed by atoms with Gasteiger partial charge in [0, 0.05) is 36.8 Å². The minimum absolute atomic E-state index is 0.708. The van der Waals surface area contributed by atoms with Gasteiger partial charge in [-0.2, -0.15) is 0 Å². The topological polar surface area (TPSA) is 36.8 Å². The van der Waals surface area contributed by atoms with E-state index in [1.54, 1.807) is 7.05 Å². The summed E-state index contributed by atoms with van der Waals surface area (Å²) in [6.07, 6.45) is 6.25. The minimum atomic E-state index is 0.708. The Morgan fingerprint density at radius 2 is 1.35 bits per heavy atom. The normalized spacial score (nSPS) is 12.4. The number of nitrogens with one attached hydrogen (secondary N) is 1. The molecule has 3 heteroatoms. The van der Waals surface area contributed by atoms with Crippen molar-refractivity contribution in [3.8, 4) is 0 Å². The second-order valence-electron chi connectivity index (χ2n) is 11.6. The number of benzene rings is 3. The molecule has 3 aromatic carbocycles. The highest BCUT2D eigenvalue weighted by Gasteiger charge is 2.06. The van der Waals surface area contributed by atoms with Crippen LogP contribution in [0.25, 0.3) is 0 Å². The molecule has 0 spiro atoms. The molecule has 0 saturated carbocycles. The van der Waals surface area contributed by atoms with Crippen LogP contribution in [0.1, 0.15) is 102 Å². The number of allylic oxidation sites excluding steroid dienone is 5. The van der Waals surface area contributed by atoms with Gasteiger partial charge in [-0.25, -0.2) is 0 Å². The third kappa shape index (κ3) is 16.9. The van der Waals surface area contributed by atoms with Crippen molar-refractivity contribution < 1.29 is 0 Å². The molecule has 0 saturated heterocycles. The van der Waals surface area contributed by atoms with E-state index in [1.807, 2.05) is 33.9 Å². The Balaban J connectivity index is 0.000000968. The van der Waals surface area contributed by atoms with Crippen LogP contribution in [0, 0.1) is 26.7 Å². The molecule has 3 aromatic rings. The molecule has 1 N–H and O–H groups in total. The van der Waals surface area contributed by atoms with E-state index in [0.29, 0.717) is 5.92 Å². The number of hydrogen-bond acceptors (Lipinski definition) is 3. The molecule has 0 bridgehead atoms. The monoisotopic (exact) mass is 622 g/mol. The summed E-state index contributed by atoms with van der Waals surface area (Å²) in [7, 11) is 1.78. The van der Waals surface area contributed by atoms with Crippen molar-refractivity contribution in [3.05, 3.63) is 141 Å². The van der Waals surface area contributed by atoms with Crippen LogP contribution in [-0.2, 0) is 13.0 Å². The highest BCUT2D eigenvalue weighted by atomic mass is 14.9. The first-order chi connectivity index (χ1) is 21.9. The van der Waals surface area contributed by atoms with Gasteiger partial charge in [-0.1, -0.05) is 120 Å². The Kier molecular flexibility index (Phi) is 22.2. The molecule has 0 aromatic heterocycles. The lowest BCUT2D eigenvalue weighted by atomic mass is 10.0. The molecule has 46 heavy (non-hydrogen) atoms. The number of hydrogen-bond donors (Lipinski definition) is 1. The second-order valence-corrected chi connectivity index (χ2v) is 11.6. The van der Waals surface area contributed by atoms with E-state index in [2.05, 4.69) is 151 Å². The summed E-state index contributed by atoms with van der Waals surface area (Å²) >= 11 is 0. The maximum absolute atomic E-state index is 4.94. The first kappa shape index (κ1) is 42.0. The predicted molar refractivity (Wildman–Crippen MR) is 208 cm³/mol. The molecule has 3 rings (SSSR count). The van der Waals surface area contributed by atoms with Crippen LogP contribution in [0.5, 0.6) is 0 Å². The summed E-state index contributed by atoms with van der Waals surface area (Å²) in [6, 6.07) is 25.4. The van der Waals surface area contributed by atoms with Gasteiger partial charge in [0.15, 0.2) is 0 Å². The highest BCUT2D eigenvalue weighted by molar-refractivity contribution is 6.10. The zero-order chi connectivity index (χ0) is 35.1. The lowest BCUT2D eigenvalue weighted by molar-refractivity contribution is 0.658. The summed E-state index contributed by atoms with van der Waals surface area (Å²) in [5, 5.41) is 3.54. The van der Waals surface area contributed by atoms with Gasteiger partial charge in [-0.3, -0.25) is 9.98 Å². The van der Waals surface area contributed by atoms with Crippen LogP contribution in [0.4, 0.5) is 0 Å². The molecule has 0 aliphatic carbocycles. The van der Waals surface area contributed by atoms with Gasteiger partial charge in [-0.15, -0.1) is 0 Å². The molecule has 1 atom stereocenters. The fourth-order valence-corrected chi connectivity index (χ4v) is 4.05. The molecule has 1 unspecified atom stereocenters. The van der Waals surface area contributed by atoms with Gasteiger partial charge in [0.25, 0.3) is 0 Å². The van der Waals surface area contributed by atoms with Crippen molar-refractivity contribution >= 4 is 11.9 Å². The Hall–Kier alpha value is -3.98. The Labute approximate surface area is 283 Å². The summed E-state index contributed by atoms with van der Waals surface area (Å²) in [5.41, 5.74) is 13.1. The lowest BCUT2D eigenvalue weighted by Gasteiger charge is -2.11. The first-order valence-corrected chi connectivity index (χ1v) is 16.8. The van der Waals surface area contributed by atoms with Crippen LogP contribution >= 0.6 is 0 Å². The molecule has 0 fully saturated rings. The van der Waals surface area contributed by atoms with Gasteiger partial charge in [0.1, 0.15) is 0 Å². The maximum Gasteiger partial charge on any atom is 0.0725 e. The van der Waals surface area contributed by atoms with E-state index in [1.165, 1.54) is 39.8 Å². The molecular formula is C43H63N3.